The summed E-state index contributed by atoms with van der Waals surface area (Å²) in [6.45, 7) is 11.4. The summed E-state index contributed by atoms with van der Waals surface area (Å²) < 4.78 is 11.6. The second kappa shape index (κ2) is 8.93. The molecule has 4 nitrogen and oxygen atoms in total. The van der Waals surface area contributed by atoms with E-state index in [1.807, 2.05) is 6.92 Å². The van der Waals surface area contributed by atoms with Gasteiger partial charge in [0.1, 0.15) is 0 Å². The monoisotopic (exact) mass is 354 g/mol. The Morgan fingerprint density at radius 2 is 2.04 bits per heavy atom. The lowest BCUT2D eigenvalue weighted by atomic mass is 9.86. The summed E-state index contributed by atoms with van der Waals surface area (Å²) in [4.78, 5) is 2.59. The number of hydrogen-bond acceptors (Lipinski definition) is 4. The van der Waals surface area contributed by atoms with Crippen LogP contribution in [0.5, 0.6) is 11.5 Å². The molecule has 1 unspecified atom stereocenters. The third-order valence-electron chi connectivity index (χ3n) is 5.03. The molecule has 0 saturated carbocycles. The van der Waals surface area contributed by atoms with Crippen molar-refractivity contribution in [2.75, 3.05) is 39.4 Å². The summed E-state index contributed by atoms with van der Waals surface area (Å²) in [5.74, 6) is 1.75. The Kier molecular flexibility index (Phi) is 7.20. The Hall–Kier alpha value is -0.970. The van der Waals surface area contributed by atoms with Gasteiger partial charge < -0.3 is 14.8 Å². The zero-order valence-electron chi connectivity index (χ0n) is 15.0. The van der Waals surface area contributed by atoms with E-state index in [-0.39, 0.29) is 12.4 Å². The first kappa shape index (κ1) is 19.4. The van der Waals surface area contributed by atoms with Crippen LogP contribution in [0.25, 0.3) is 0 Å². The molecule has 2 aliphatic heterocycles. The van der Waals surface area contributed by atoms with Gasteiger partial charge in [0.05, 0.1) is 13.2 Å². The zero-order chi connectivity index (χ0) is 16.1. The van der Waals surface area contributed by atoms with Crippen LogP contribution in [-0.2, 0) is 6.54 Å². The SMILES string of the molecule is CCCOc1ccc(CN2CCC3(CCNC3)C2)cc1OCC.Cl. The van der Waals surface area contributed by atoms with Crippen molar-refractivity contribution in [1.29, 1.82) is 0 Å². The van der Waals surface area contributed by atoms with Crippen LogP contribution in [0.15, 0.2) is 18.2 Å². The van der Waals surface area contributed by atoms with Crippen molar-refractivity contribution in [2.45, 2.75) is 39.7 Å². The van der Waals surface area contributed by atoms with Gasteiger partial charge in [0.15, 0.2) is 11.5 Å². The lowest BCUT2D eigenvalue weighted by Crippen LogP contribution is -2.28. The van der Waals surface area contributed by atoms with E-state index in [1.54, 1.807) is 0 Å². The van der Waals surface area contributed by atoms with Crippen LogP contribution in [0.1, 0.15) is 38.7 Å². The van der Waals surface area contributed by atoms with Crippen molar-refractivity contribution in [3.63, 3.8) is 0 Å². The fraction of sp³-hybridized carbons (Fsp3) is 0.684. The molecule has 2 saturated heterocycles. The van der Waals surface area contributed by atoms with E-state index >= 15 is 0 Å². The summed E-state index contributed by atoms with van der Waals surface area (Å²) in [7, 11) is 0. The molecule has 0 radical (unpaired) electrons. The quantitative estimate of drug-likeness (QED) is 0.812. The van der Waals surface area contributed by atoms with Gasteiger partial charge in [-0.2, -0.15) is 0 Å². The Morgan fingerprint density at radius 3 is 2.75 bits per heavy atom. The van der Waals surface area contributed by atoms with Crippen LogP contribution < -0.4 is 14.8 Å². The first-order valence-electron chi connectivity index (χ1n) is 9.06. The van der Waals surface area contributed by atoms with Gasteiger partial charge in [0.25, 0.3) is 0 Å². The molecule has 1 spiro atoms. The molecule has 136 valence electrons. The van der Waals surface area contributed by atoms with E-state index in [9.17, 15) is 0 Å². The molecule has 0 aromatic heterocycles. The summed E-state index contributed by atoms with van der Waals surface area (Å²) in [5, 5.41) is 3.53. The number of rotatable bonds is 7. The van der Waals surface area contributed by atoms with E-state index in [1.165, 1.54) is 44.6 Å². The van der Waals surface area contributed by atoms with E-state index in [0.717, 1.165) is 31.1 Å². The number of likely N-dealkylation sites (tertiary alicyclic amines) is 1. The molecular weight excluding hydrogens is 324 g/mol. The predicted octanol–water partition coefficient (Wildman–Crippen LogP) is 3.48. The molecule has 5 heteroatoms. The molecule has 2 heterocycles. The highest BCUT2D eigenvalue weighted by molar-refractivity contribution is 5.85. The molecule has 1 N–H and O–H groups in total. The lowest BCUT2D eigenvalue weighted by Gasteiger charge is -2.23. The van der Waals surface area contributed by atoms with Gasteiger partial charge in [0, 0.05) is 19.6 Å². The summed E-state index contributed by atoms with van der Waals surface area (Å²) in [6, 6.07) is 6.41. The van der Waals surface area contributed by atoms with Gasteiger partial charge in [0.2, 0.25) is 0 Å². The Labute approximate surface area is 152 Å². The van der Waals surface area contributed by atoms with Crippen LogP contribution in [-0.4, -0.2) is 44.3 Å². The van der Waals surface area contributed by atoms with E-state index in [2.05, 4.69) is 35.3 Å². The van der Waals surface area contributed by atoms with Crippen molar-refractivity contribution >= 4 is 12.4 Å². The molecule has 1 aromatic rings. The number of nitrogens with one attached hydrogen (secondary N) is 1. The fourth-order valence-electron chi connectivity index (χ4n) is 3.82. The van der Waals surface area contributed by atoms with Crippen molar-refractivity contribution in [3.8, 4) is 11.5 Å². The lowest BCUT2D eigenvalue weighted by molar-refractivity contribution is 0.265. The molecule has 0 aliphatic carbocycles. The van der Waals surface area contributed by atoms with Gasteiger partial charge in [-0.3, -0.25) is 4.90 Å². The van der Waals surface area contributed by atoms with Crippen LogP contribution in [0.2, 0.25) is 0 Å². The molecule has 0 bridgehead atoms. The van der Waals surface area contributed by atoms with Gasteiger partial charge in [-0.25, -0.2) is 0 Å². The molecule has 2 fully saturated rings. The maximum absolute atomic E-state index is 5.79. The Bertz CT molecular complexity index is 518. The molecular formula is C19H31ClN2O2. The third-order valence-corrected chi connectivity index (χ3v) is 5.03. The summed E-state index contributed by atoms with van der Waals surface area (Å²) in [6.07, 6.45) is 3.67. The van der Waals surface area contributed by atoms with Crippen LogP contribution in [0.4, 0.5) is 0 Å². The van der Waals surface area contributed by atoms with E-state index in [0.29, 0.717) is 12.0 Å². The Balaban J connectivity index is 0.00000208. The van der Waals surface area contributed by atoms with Crippen molar-refractivity contribution in [2.24, 2.45) is 5.41 Å². The maximum Gasteiger partial charge on any atom is 0.161 e. The highest BCUT2D eigenvalue weighted by atomic mass is 35.5. The molecule has 1 aromatic carbocycles. The molecule has 2 aliphatic rings. The molecule has 1 atom stereocenters. The minimum Gasteiger partial charge on any atom is -0.490 e. The standard InChI is InChI=1S/C19H30N2O2.ClH/c1-3-11-23-17-6-5-16(12-18(17)22-4-2)13-21-10-8-19(15-21)7-9-20-14-19;/h5-6,12,20H,3-4,7-11,13-15H2,1-2H3;1H. The topological polar surface area (TPSA) is 33.7 Å². The second-order valence-electron chi connectivity index (χ2n) is 6.95. The van der Waals surface area contributed by atoms with Crippen LogP contribution in [0, 0.1) is 5.41 Å². The van der Waals surface area contributed by atoms with E-state index < -0.39 is 0 Å². The first-order valence-corrected chi connectivity index (χ1v) is 9.06. The number of ether oxygens (including phenoxy) is 2. The van der Waals surface area contributed by atoms with Gasteiger partial charge in [-0.1, -0.05) is 13.0 Å². The predicted molar refractivity (Wildman–Crippen MR) is 100 cm³/mol. The highest BCUT2D eigenvalue weighted by Crippen LogP contribution is 2.37. The minimum atomic E-state index is 0. The average Bonchev–Trinajstić information content (AvgIpc) is 3.17. The largest absolute Gasteiger partial charge is 0.490 e. The van der Waals surface area contributed by atoms with Gasteiger partial charge in [-0.05, 0) is 62.4 Å². The normalized spacial score (nSPS) is 23.4. The molecule has 24 heavy (non-hydrogen) atoms. The number of nitrogens with zero attached hydrogens (tertiary/aromatic N) is 1. The average molecular weight is 355 g/mol. The van der Waals surface area contributed by atoms with Crippen molar-refractivity contribution in [3.05, 3.63) is 23.8 Å². The van der Waals surface area contributed by atoms with Crippen LogP contribution >= 0.6 is 12.4 Å². The van der Waals surface area contributed by atoms with E-state index in [4.69, 9.17) is 9.47 Å². The van der Waals surface area contributed by atoms with Gasteiger partial charge >= 0.3 is 0 Å². The summed E-state index contributed by atoms with van der Waals surface area (Å²) in [5.41, 5.74) is 1.85. The Morgan fingerprint density at radius 1 is 1.17 bits per heavy atom. The second-order valence-corrected chi connectivity index (χ2v) is 6.95. The maximum atomic E-state index is 5.79. The first-order chi connectivity index (χ1) is 11.2. The number of benzene rings is 1. The number of hydrogen-bond donors (Lipinski definition) is 1. The number of halogens is 1. The third kappa shape index (κ3) is 4.56. The molecule has 3 rings (SSSR count). The zero-order valence-corrected chi connectivity index (χ0v) is 15.8. The highest BCUT2D eigenvalue weighted by Gasteiger charge is 2.40. The van der Waals surface area contributed by atoms with Crippen molar-refractivity contribution < 1.29 is 9.47 Å². The fourth-order valence-corrected chi connectivity index (χ4v) is 3.82. The smallest absolute Gasteiger partial charge is 0.161 e. The van der Waals surface area contributed by atoms with Crippen molar-refractivity contribution in [1.82, 2.24) is 10.2 Å². The summed E-state index contributed by atoms with van der Waals surface area (Å²) >= 11 is 0. The molecule has 0 amide bonds. The van der Waals surface area contributed by atoms with Crippen LogP contribution in [0.3, 0.4) is 0 Å². The minimum absolute atomic E-state index is 0. The van der Waals surface area contributed by atoms with Gasteiger partial charge in [-0.15, -0.1) is 12.4 Å².